The van der Waals surface area contributed by atoms with E-state index in [1.807, 2.05) is 24.4 Å². The largest absolute Gasteiger partial charge is 0.389 e. The predicted octanol–water partition coefficient (Wildman–Crippen LogP) is 2.76. The number of aromatic nitrogens is 1. The Morgan fingerprint density at radius 3 is 2.83 bits per heavy atom. The summed E-state index contributed by atoms with van der Waals surface area (Å²) in [6, 6.07) is 4.05. The van der Waals surface area contributed by atoms with Crippen LogP contribution in [0.1, 0.15) is 5.01 Å². The Morgan fingerprint density at radius 2 is 2.33 bits per heavy atom. The lowest BCUT2D eigenvalue weighted by Gasteiger charge is -1.90. The first kappa shape index (κ1) is 7.76. The fraction of sp³-hybridized carbons (Fsp3) is 0.125. The summed E-state index contributed by atoms with van der Waals surface area (Å²) in [5.74, 6) is 0. The van der Waals surface area contributed by atoms with Crippen molar-refractivity contribution < 1.29 is 0 Å². The summed E-state index contributed by atoms with van der Waals surface area (Å²) in [4.78, 5) is 5.51. The minimum atomic E-state index is 0.815. The smallest absolute Gasteiger partial charge is 0.115 e. The van der Waals surface area contributed by atoms with E-state index < -0.39 is 0 Å². The maximum Gasteiger partial charge on any atom is 0.115 e. The van der Waals surface area contributed by atoms with Gasteiger partial charge in [0.1, 0.15) is 10.7 Å². The predicted molar refractivity (Wildman–Crippen MR) is 54.6 cm³/mol. The number of hydrogen-bond donors (Lipinski definition) is 1. The number of nitrogens with two attached hydrogens (primary N) is 1. The van der Waals surface area contributed by atoms with Crippen LogP contribution >= 0.6 is 22.7 Å². The van der Waals surface area contributed by atoms with Crippen LogP contribution < -0.4 is 5.73 Å². The Bertz CT molecular complexity index is 376. The summed E-state index contributed by atoms with van der Waals surface area (Å²) in [5, 5.41) is 3.87. The molecule has 12 heavy (non-hydrogen) atoms. The van der Waals surface area contributed by atoms with Crippen molar-refractivity contribution in [3.8, 4) is 10.6 Å². The van der Waals surface area contributed by atoms with E-state index in [1.165, 1.54) is 0 Å². The molecule has 0 fully saturated rings. The third-order valence-corrected chi connectivity index (χ3v) is 3.19. The lowest BCUT2D eigenvalue weighted by Crippen LogP contribution is -1.82. The van der Waals surface area contributed by atoms with Gasteiger partial charge in [0, 0.05) is 0 Å². The van der Waals surface area contributed by atoms with Crippen LogP contribution in [0.5, 0.6) is 0 Å². The van der Waals surface area contributed by atoms with Gasteiger partial charge in [-0.25, -0.2) is 4.98 Å². The van der Waals surface area contributed by atoms with Crippen molar-refractivity contribution in [3.05, 3.63) is 22.5 Å². The molecule has 0 saturated carbocycles. The van der Waals surface area contributed by atoms with Crippen LogP contribution in [0.4, 0.5) is 5.00 Å². The van der Waals surface area contributed by atoms with Gasteiger partial charge >= 0.3 is 0 Å². The van der Waals surface area contributed by atoms with Gasteiger partial charge in [0.15, 0.2) is 0 Å². The maximum atomic E-state index is 5.80. The minimum absolute atomic E-state index is 0.815. The molecule has 2 aromatic heterocycles. The highest BCUT2D eigenvalue weighted by atomic mass is 32.1. The summed E-state index contributed by atoms with van der Waals surface area (Å²) in [6.07, 6.45) is 0. The van der Waals surface area contributed by atoms with E-state index >= 15 is 0 Å². The van der Waals surface area contributed by atoms with Crippen LogP contribution in [0.25, 0.3) is 10.6 Å². The topological polar surface area (TPSA) is 38.9 Å². The number of nitrogen functional groups attached to an aromatic ring is 1. The second-order valence-corrected chi connectivity index (χ2v) is 4.61. The van der Waals surface area contributed by atoms with Crippen LogP contribution in [0, 0.1) is 6.92 Å². The van der Waals surface area contributed by atoms with Crippen molar-refractivity contribution in [1.82, 2.24) is 4.98 Å². The Balaban J connectivity index is 2.54. The SMILES string of the molecule is Cc1nc(-c2cccs2)c(N)s1. The molecule has 0 unspecified atom stereocenters. The Hall–Kier alpha value is -0.870. The van der Waals surface area contributed by atoms with E-state index in [2.05, 4.69) is 4.98 Å². The van der Waals surface area contributed by atoms with Gasteiger partial charge in [-0.05, 0) is 18.4 Å². The number of thiazole rings is 1. The highest BCUT2D eigenvalue weighted by molar-refractivity contribution is 7.17. The highest BCUT2D eigenvalue weighted by Crippen LogP contribution is 2.32. The van der Waals surface area contributed by atoms with Gasteiger partial charge < -0.3 is 5.73 Å². The fourth-order valence-corrected chi connectivity index (χ4v) is 2.53. The second kappa shape index (κ2) is 2.88. The summed E-state index contributed by atoms with van der Waals surface area (Å²) >= 11 is 3.21. The number of thiophene rings is 1. The monoisotopic (exact) mass is 196 g/mol. The van der Waals surface area contributed by atoms with Gasteiger partial charge in [0.05, 0.1) is 9.88 Å². The number of anilines is 1. The van der Waals surface area contributed by atoms with E-state index in [0.717, 1.165) is 20.6 Å². The molecule has 2 N–H and O–H groups in total. The van der Waals surface area contributed by atoms with E-state index in [9.17, 15) is 0 Å². The highest BCUT2D eigenvalue weighted by Gasteiger charge is 2.08. The Morgan fingerprint density at radius 1 is 1.50 bits per heavy atom. The first-order valence-electron chi connectivity index (χ1n) is 3.54. The first-order valence-corrected chi connectivity index (χ1v) is 5.24. The zero-order chi connectivity index (χ0) is 8.55. The Kier molecular flexibility index (Phi) is 1.86. The Labute approximate surface area is 78.7 Å². The van der Waals surface area contributed by atoms with Crippen molar-refractivity contribution in [2.24, 2.45) is 0 Å². The molecule has 0 aromatic carbocycles. The van der Waals surface area contributed by atoms with Gasteiger partial charge in [0.2, 0.25) is 0 Å². The van der Waals surface area contributed by atoms with Crippen LogP contribution in [-0.2, 0) is 0 Å². The van der Waals surface area contributed by atoms with Gasteiger partial charge in [-0.15, -0.1) is 22.7 Å². The summed E-state index contributed by atoms with van der Waals surface area (Å²) in [7, 11) is 0. The molecule has 0 saturated heterocycles. The molecule has 2 aromatic rings. The second-order valence-electron chi connectivity index (χ2n) is 2.42. The van der Waals surface area contributed by atoms with Crippen LogP contribution in [-0.4, -0.2) is 4.98 Å². The third kappa shape index (κ3) is 1.23. The van der Waals surface area contributed by atoms with Gasteiger partial charge in [0.25, 0.3) is 0 Å². The molecule has 0 aliphatic heterocycles. The molecule has 2 heterocycles. The first-order chi connectivity index (χ1) is 5.77. The standard InChI is InChI=1S/C8H8N2S2/c1-5-10-7(8(9)12-5)6-3-2-4-11-6/h2-4H,9H2,1H3. The lowest BCUT2D eigenvalue weighted by molar-refractivity contribution is 1.31. The minimum Gasteiger partial charge on any atom is -0.389 e. The zero-order valence-electron chi connectivity index (χ0n) is 6.57. The third-order valence-electron chi connectivity index (χ3n) is 1.51. The van der Waals surface area contributed by atoms with E-state index in [1.54, 1.807) is 22.7 Å². The maximum absolute atomic E-state index is 5.80. The molecule has 2 nitrogen and oxygen atoms in total. The van der Waals surface area contributed by atoms with E-state index in [4.69, 9.17) is 5.73 Å². The summed E-state index contributed by atoms with van der Waals surface area (Å²) in [5.41, 5.74) is 6.73. The molecule has 0 amide bonds. The van der Waals surface area contributed by atoms with Crippen LogP contribution in [0.2, 0.25) is 0 Å². The molecule has 0 atom stereocenters. The van der Waals surface area contributed by atoms with Crippen LogP contribution in [0.3, 0.4) is 0 Å². The number of hydrogen-bond acceptors (Lipinski definition) is 4. The molecule has 0 aliphatic rings. The quantitative estimate of drug-likeness (QED) is 0.761. The summed E-state index contributed by atoms with van der Waals surface area (Å²) < 4.78 is 0. The normalized spacial score (nSPS) is 10.4. The number of rotatable bonds is 1. The van der Waals surface area contributed by atoms with Gasteiger partial charge in [-0.2, -0.15) is 0 Å². The molecule has 0 spiro atoms. The molecule has 4 heteroatoms. The molecule has 2 rings (SSSR count). The average Bonchev–Trinajstić information content (AvgIpc) is 2.58. The van der Waals surface area contributed by atoms with E-state index in [0.29, 0.717) is 0 Å². The van der Waals surface area contributed by atoms with Crippen molar-refractivity contribution in [2.75, 3.05) is 5.73 Å². The average molecular weight is 196 g/mol. The van der Waals surface area contributed by atoms with E-state index in [-0.39, 0.29) is 0 Å². The molecule has 0 radical (unpaired) electrons. The molecule has 0 aliphatic carbocycles. The van der Waals surface area contributed by atoms with Gasteiger partial charge in [-0.3, -0.25) is 0 Å². The number of aryl methyl sites for hydroxylation is 1. The fourth-order valence-electron chi connectivity index (χ4n) is 1.03. The van der Waals surface area contributed by atoms with Crippen molar-refractivity contribution in [2.45, 2.75) is 6.92 Å². The molecule has 62 valence electrons. The number of nitrogens with zero attached hydrogens (tertiary/aromatic N) is 1. The van der Waals surface area contributed by atoms with Crippen LogP contribution in [0.15, 0.2) is 17.5 Å². The lowest BCUT2D eigenvalue weighted by atomic mass is 10.4. The molecular formula is C8H8N2S2. The van der Waals surface area contributed by atoms with Gasteiger partial charge in [-0.1, -0.05) is 6.07 Å². The molecular weight excluding hydrogens is 188 g/mol. The van der Waals surface area contributed by atoms with Crippen molar-refractivity contribution in [1.29, 1.82) is 0 Å². The zero-order valence-corrected chi connectivity index (χ0v) is 8.21. The molecule has 0 bridgehead atoms. The summed E-state index contributed by atoms with van der Waals surface area (Å²) in [6.45, 7) is 1.97. The van der Waals surface area contributed by atoms with Crippen molar-refractivity contribution in [3.63, 3.8) is 0 Å². The van der Waals surface area contributed by atoms with Crippen molar-refractivity contribution >= 4 is 27.7 Å².